The number of hydrogen-bond donors (Lipinski definition) is 1. The zero-order valence-electron chi connectivity index (χ0n) is 12.9. The molecule has 0 bridgehead atoms. The zero-order chi connectivity index (χ0) is 15.9. The number of benzene rings is 2. The van der Waals surface area contributed by atoms with E-state index in [9.17, 15) is 4.79 Å². The van der Waals surface area contributed by atoms with Crippen molar-refractivity contribution >= 4 is 5.97 Å². The topological polar surface area (TPSA) is 61.5 Å². The van der Waals surface area contributed by atoms with Gasteiger partial charge in [0.25, 0.3) is 0 Å². The van der Waals surface area contributed by atoms with Crippen LogP contribution in [-0.4, -0.2) is 25.7 Å². The molecule has 0 amide bonds. The van der Waals surface area contributed by atoms with E-state index in [2.05, 4.69) is 0 Å². The van der Waals surface area contributed by atoms with Crippen molar-refractivity contribution in [2.45, 2.75) is 19.4 Å². The van der Waals surface area contributed by atoms with Crippen molar-refractivity contribution in [3.8, 4) is 16.9 Å². The molecule has 0 aliphatic carbocycles. The molecule has 2 N–H and O–H groups in total. The van der Waals surface area contributed by atoms with Crippen molar-refractivity contribution in [2.24, 2.45) is 5.73 Å². The van der Waals surface area contributed by atoms with Gasteiger partial charge in [0.15, 0.2) is 0 Å². The second-order valence-corrected chi connectivity index (χ2v) is 4.96. The Hall–Kier alpha value is -2.33. The summed E-state index contributed by atoms with van der Waals surface area (Å²) in [5, 5.41) is 0. The van der Waals surface area contributed by atoms with Gasteiger partial charge in [0.1, 0.15) is 11.8 Å². The second-order valence-electron chi connectivity index (χ2n) is 4.96. The summed E-state index contributed by atoms with van der Waals surface area (Å²) in [6.45, 7) is 2.12. The maximum Gasteiger partial charge on any atom is 0.323 e. The third-order valence-corrected chi connectivity index (χ3v) is 3.42. The lowest BCUT2D eigenvalue weighted by atomic mass is 10.0. The van der Waals surface area contributed by atoms with Gasteiger partial charge in [-0.2, -0.15) is 0 Å². The molecule has 2 aromatic carbocycles. The average molecular weight is 299 g/mol. The van der Waals surface area contributed by atoms with E-state index in [1.165, 1.54) is 0 Å². The molecule has 0 aliphatic heterocycles. The molecule has 0 aliphatic rings. The van der Waals surface area contributed by atoms with Crippen LogP contribution in [0.4, 0.5) is 0 Å². The van der Waals surface area contributed by atoms with Gasteiger partial charge >= 0.3 is 5.97 Å². The molecule has 0 fully saturated rings. The highest BCUT2D eigenvalue weighted by molar-refractivity contribution is 5.76. The molecule has 1 atom stereocenters. The number of carbonyl (C=O) groups excluding carboxylic acids is 1. The van der Waals surface area contributed by atoms with Crippen LogP contribution in [-0.2, 0) is 16.0 Å². The largest absolute Gasteiger partial charge is 0.496 e. The van der Waals surface area contributed by atoms with E-state index in [4.69, 9.17) is 15.2 Å². The molecule has 116 valence electrons. The fraction of sp³-hybridized carbons (Fsp3) is 0.278. The Bertz CT molecular complexity index is 622. The lowest BCUT2D eigenvalue weighted by Gasteiger charge is -2.12. The molecule has 4 nitrogen and oxygen atoms in total. The van der Waals surface area contributed by atoms with Crippen LogP contribution in [0.5, 0.6) is 5.75 Å². The first-order valence-electron chi connectivity index (χ1n) is 7.30. The molecule has 0 heterocycles. The van der Waals surface area contributed by atoms with Gasteiger partial charge in [0.2, 0.25) is 0 Å². The van der Waals surface area contributed by atoms with Crippen LogP contribution < -0.4 is 10.5 Å². The first kappa shape index (κ1) is 16.0. The highest BCUT2D eigenvalue weighted by Gasteiger charge is 2.15. The zero-order valence-corrected chi connectivity index (χ0v) is 12.9. The summed E-state index contributed by atoms with van der Waals surface area (Å²) in [7, 11) is 1.66. The van der Waals surface area contributed by atoms with Crippen molar-refractivity contribution in [2.75, 3.05) is 13.7 Å². The minimum Gasteiger partial charge on any atom is -0.496 e. The lowest BCUT2D eigenvalue weighted by Crippen LogP contribution is -2.34. The summed E-state index contributed by atoms with van der Waals surface area (Å²) < 4.78 is 10.3. The fourth-order valence-corrected chi connectivity index (χ4v) is 2.29. The summed E-state index contributed by atoms with van der Waals surface area (Å²) in [5.41, 5.74) is 8.93. The Balaban J connectivity index is 2.12. The maximum atomic E-state index is 11.6. The number of ether oxygens (including phenoxy) is 2. The Morgan fingerprint density at radius 2 is 1.82 bits per heavy atom. The van der Waals surface area contributed by atoms with Gasteiger partial charge in [-0.3, -0.25) is 4.79 Å². The highest BCUT2D eigenvalue weighted by Crippen LogP contribution is 2.29. The van der Waals surface area contributed by atoms with Gasteiger partial charge in [-0.25, -0.2) is 0 Å². The standard InChI is InChI=1S/C18H21NO3/c1-3-22-18(20)16(19)12-13-8-10-14(11-9-13)15-6-4-5-7-17(15)21-2/h4-11,16H,3,12,19H2,1-2H3. The SMILES string of the molecule is CCOC(=O)C(N)Cc1ccc(-c2ccccc2OC)cc1. The molecule has 0 saturated heterocycles. The number of methoxy groups -OCH3 is 1. The van der Waals surface area contributed by atoms with Crippen LogP contribution in [0.1, 0.15) is 12.5 Å². The molecule has 1 unspecified atom stereocenters. The van der Waals surface area contributed by atoms with Crippen LogP contribution >= 0.6 is 0 Å². The van der Waals surface area contributed by atoms with E-state index in [-0.39, 0.29) is 5.97 Å². The molecule has 0 radical (unpaired) electrons. The summed E-state index contributed by atoms with van der Waals surface area (Å²) in [6.07, 6.45) is 0.463. The third kappa shape index (κ3) is 3.86. The van der Waals surface area contributed by atoms with Crippen molar-refractivity contribution in [1.29, 1.82) is 0 Å². The molecule has 22 heavy (non-hydrogen) atoms. The first-order chi connectivity index (χ1) is 10.7. The number of nitrogens with two attached hydrogens (primary N) is 1. The van der Waals surface area contributed by atoms with E-state index in [0.717, 1.165) is 22.4 Å². The molecule has 0 saturated carbocycles. The van der Waals surface area contributed by atoms with Crippen molar-refractivity contribution in [1.82, 2.24) is 0 Å². The van der Waals surface area contributed by atoms with Gasteiger partial charge in [0.05, 0.1) is 13.7 Å². The Morgan fingerprint density at radius 1 is 1.14 bits per heavy atom. The normalized spacial score (nSPS) is 11.8. The van der Waals surface area contributed by atoms with Crippen molar-refractivity contribution in [3.05, 3.63) is 54.1 Å². The van der Waals surface area contributed by atoms with Crippen molar-refractivity contribution < 1.29 is 14.3 Å². The van der Waals surface area contributed by atoms with Gasteiger partial charge in [-0.1, -0.05) is 42.5 Å². The van der Waals surface area contributed by atoms with Crippen LogP contribution in [0.15, 0.2) is 48.5 Å². The number of hydrogen-bond acceptors (Lipinski definition) is 4. The highest BCUT2D eigenvalue weighted by atomic mass is 16.5. The number of esters is 1. The molecule has 4 heteroatoms. The van der Waals surface area contributed by atoms with Gasteiger partial charge < -0.3 is 15.2 Å². The van der Waals surface area contributed by atoms with E-state index in [1.54, 1.807) is 14.0 Å². The molecular weight excluding hydrogens is 278 g/mol. The van der Waals surface area contributed by atoms with Crippen molar-refractivity contribution in [3.63, 3.8) is 0 Å². The minimum absolute atomic E-state index is 0.347. The fourth-order valence-electron chi connectivity index (χ4n) is 2.29. The Kier molecular flexibility index (Phi) is 5.55. The number of carbonyl (C=O) groups is 1. The molecule has 2 rings (SSSR count). The summed E-state index contributed by atoms with van der Waals surface area (Å²) >= 11 is 0. The summed E-state index contributed by atoms with van der Waals surface area (Å²) in [6, 6.07) is 15.2. The van der Waals surface area contributed by atoms with Crippen LogP contribution in [0.2, 0.25) is 0 Å². The van der Waals surface area contributed by atoms with Gasteiger partial charge in [0, 0.05) is 5.56 Å². The molecule has 2 aromatic rings. The third-order valence-electron chi connectivity index (χ3n) is 3.42. The summed E-state index contributed by atoms with van der Waals surface area (Å²) in [5.74, 6) is 0.467. The molecule has 0 aromatic heterocycles. The summed E-state index contributed by atoms with van der Waals surface area (Å²) in [4.78, 5) is 11.6. The van der Waals surface area contributed by atoms with Gasteiger partial charge in [-0.15, -0.1) is 0 Å². The van der Waals surface area contributed by atoms with E-state index in [1.807, 2.05) is 48.5 Å². The number of rotatable bonds is 6. The lowest BCUT2D eigenvalue weighted by molar-refractivity contribution is -0.144. The van der Waals surface area contributed by atoms with E-state index < -0.39 is 6.04 Å². The monoisotopic (exact) mass is 299 g/mol. The predicted octanol–water partition coefficient (Wildman–Crippen LogP) is 2.80. The van der Waals surface area contributed by atoms with Crippen LogP contribution in [0.3, 0.4) is 0 Å². The smallest absolute Gasteiger partial charge is 0.323 e. The number of para-hydroxylation sites is 1. The van der Waals surface area contributed by atoms with E-state index in [0.29, 0.717) is 13.0 Å². The quantitative estimate of drug-likeness (QED) is 0.833. The first-order valence-corrected chi connectivity index (χ1v) is 7.30. The van der Waals surface area contributed by atoms with E-state index >= 15 is 0 Å². The van der Waals surface area contributed by atoms with Gasteiger partial charge in [-0.05, 0) is 30.5 Å². The second kappa shape index (κ2) is 7.61. The molecular formula is C18H21NO3. The Labute approximate surface area is 130 Å². The predicted molar refractivity (Wildman–Crippen MR) is 86.7 cm³/mol. The van der Waals surface area contributed by atoms with Crippen LogP contribution in [0, 0.1) is 0 Å². The Morgan fingerprint density at radius 3 is 2.45 bits per heavy atom. The maximum absolute atomic E-state index is 11.6. The average Bonchev–Trinajstić information content (AvgIpc) is 2.55. The molecule has 0 spiro atoms. The van der Waals surface area contributed by atoms with Crippen LogP contribution in [0.25, 0.3) is 11.1 Å². The minimum atomic E-state index is -0.628.